The van der Waals surface area contributed by atoms with Gasteiger partial charge in [-0.3, -0.25) is 4.79 Å². The Morgan fingerprint density at radius 1 is 0.935 bits per heavy atom. The van der Waals surface area contributed by atoms with Crippen LogP contribution in [0, 0.1) is 18.6 Å². The van der Waals surface area contributed by atoms with Crippen LogP contribution >= 0.6 is 0 Å². The Morgan fingerprint density at radius 3 is 2.19 bits per heavy atom. The minimum atomic E-state index is -0.734. The predicted octanol–water partition coefficient (Wildman–Crippen LogP) is 4.38. The molecule has 0 heterocycles. The summed E-state index contributed by atoms with van der Waals surface area (Å²) in [6, 6.07) is 11.9. The van der Waals surface area contributed by atoms with Gasteiger partial charge in [-0.15, -0.1) is 0 Å². The summed E-state index contributed by atoms with van der Waals surface area (Å²) >= 11 is 0. The van der Waals surface area contributed by atoms with E-state index in [-0.39, 0.29) is 24.3 Å². The topological polar surface area (TPSA) is 67.8 Å². The zero-order valence-corrected chi connectivity index (χ0v) is 17.5. The minimum Gasteiger partial charge on any atom is -0.497 e. The predicted molar refractivity (Wildman–Crippen MR) is 113 cm³/mol. The van der Waals surface area contributed by atoms with E-state index in [9.17, 15) is 18.7 Å². The molecule has 3 rings (SSSR count). The summed E-state index contributed by atoms with van der Waals surface area (Å²) in [4.78, 5) is 12.8. The molecule has 1 amide bonds. The van der Waals surface area contributed by atoms with Crippen LogP contribution in [0.25, 0.3) is 11.1 Å². The third kappa shape index (κ3) is 5.19. The number of amides is 1. The number of carbonyl (C=O) groups is 1. The molecule has 2 N–H and O–H groups in total. The average molecular weight is 427 g/mol. The molecule has 5 nitrogen and oxygen atoms in total. The van der Waals surface area contributed by atoms with E-state index in [1.807, 2.05) is 0 Å². The third-order valence-corrected chi connectivity index (χ3v) is 4.84. The zero-order chi connectivity index (χ0) is 22.5. The number of hydrogen-bond donors (Lipinski definition) is 2. The summed E-state index contributed by atoms with van der Waals surface area (Å²) in [7, 11) is 3.07. The fraction of sp³-hybridized carbons (Fsp3) is 0.208. The van der Waals surface area contributed by atoms with E-state index >= 15 is 0 Å². The van der Waals surface area contributed by atoms with Gasteiger partial charge in [-0.2, -0.15) is 0 Å². The van der Waals surface area contributed by atoms with Crippen molar-refractivity contribution >= 4 is 5.91 Å². The van der Waals surface area contributed by atoms with Crippen molar-refractivity contribution in [1.29, 1.82) is 0 Å². The number of aliphatic hydroxyl groups is 1. The van der Waals surface area contributed by atoms with E-state index in [2.05, 4.69) is 5.32 Å². The lowest BCUT2D eigenvalue weighted by Gasteiger charge is -2.13. The lowest BCUT2D eigenvalue weighted by Crippen LogP contribution is -2.23. The van der Waals surface area contributed by atoms with Gasteiger partial charge in [0.15, 0.2) is 0 Å². The third-order valence-electron chi connectivity index (χ3n) is 4.84. The number of ether oxygens (including phenoxy) is 2. The highest BCUT2D eigenvalue weighted by molar-refractivity contribution is 5.96. The number of nitrogens with one attached hydrogen (secondary N) is 1. The van der Waals surface area contributed by atoms with Gasteiger partial charge in [0.2, 0.25) is 0 Å². The van der Waals surface area contributed by atoms with E-state index in [0.29, 0.717) is 28.2 Å². The lowest BCUT2D eigenvalue weighted by molar-refractivity contribution is 0.0950. The molecule has 0 aliphatic rings. The molecule has 3 aromatic carbocycles. The van der Waals surface area contributed by atoms with Gasteiger partial charge in [0.1, 0.15) is 23.1 Å². The molecule has 3 aromatic rings. The number of benzene rings is 3. The molecule has 0 radical (unpaired) electrons. The molecular formula is C24H23F2NO4. The van der Waals surface area contributed by atoms with Crippen molar-refractivity contribution in [2.24, 2.45) is 0 Å². The van der Waals surface area contributed by atoms with Crippen molar-refractivity contribution in [3.63, 3.8) is 0 Å². The number of rotatable bonds is 7. The molecular weight excluding hydrogens is 404 g/mol. The highest BCUT2D eigenvalue weighted by Crippen LogP contribution is 2.29. The molecule has 0 fully saturated rings. The monoisotopic (exact) mass is 427 g/mol. The molecule has 0 bridgehead atoms. The van der Waals surface area contributed by atoms with E-state index in [0.717, 1.165) is 11.6 Å². The molecule has 162 valence electrons. The van der Waals surface area contributed by atoms with Gasteiger partial charge in [-0.1, -0.05) is 0 Å². The zero-order valence-electron chi connectivity index (χ0n) is 17.5. The van der Waals surface area contributed by atoms with Crippen LogP contribution in [-0.2, 0) is 13.2 Å². The fourth-order valence-electron chi connectivity index (χ4n) is 3.38. The first-order chi connectivity index (χ1) is 14.8. The second-order valence-corrected chi connectivity index (χ2v) is 7.06. The van der Waals surface area contributed by atoms with E-state index in [4.69, 9.17) is 9.47 Å². The van der Waals surface area contributed by atoms with Gasteiger partial charge >= 0.3 is 0 Å². The van der Waals surface area contributed by atoms with E-state index in [1.165, 1.54) is 32.4 Å². The number of carbonyl (C=O) groups excluding carboxylic acids is 1. The van der Waals surface area contributed by atoms with Crippen LogP contribution in [0.1, 0.15) is 27.0 Å². The van der Waals surface area contributed by atoms with Gasteiger partial charge in [0, 0.05) is 29.8 Å². The summed E-state index contributed by atoms with van der Waals surface area (Å²) < 4.78 is 38.4. The average Bonchev–Trinajstić information content (AvgIpc) is 2.76. The highest BCUT2D eigenvalue weighted by atomic mass is 19.1. The van der Waals surface area contributed by atoms with Crippen LogP contribution in [-0.4, -0.2) is 25.2 Å². The Kier molecular flexibility index (Phi) is 6.87. The van der Waals surface area contributed by atoms with Crippen molar-refractivity contribution in [1.82, 2.24) is 5.32 Å². The maximum absolute atomic E-state index is 14.5. The largest absolute Gasteiger partial charge is 0.497 e. The molecule has 7 heteroatoms. The number of aliphatic hydroxyl groups excluding tert-OH is 1. The summed E-state index contributed by atoms with van der Waals surface area (Å²) in [5, 5.41) is 12.4. The minimum absolute atomic E-state index is 0.184. The molecule has 0 atom stereocenters. The van der Waals surface area contributed by atoms with Crippen LogP contribution in [0.15, 0.2) is 48.5 Å². The first kappa shape index (κ1) is 22.2. The number of hydrogen-bond acceptors (Lipinski definition) is 4. The Morgan fingerprint density at radius 2 is 1.61 bits per heavy atom. The number of aryl methyl sites for hydroxylation is 1. The molecule has 0 unspecified atom stereocenters. The van der Waals surface area contributed by atoms with Crippen molar-refractivity contribution < 1.29 is 28.2 Å². The Bertz CT molecular complexity index is 1070. The Hall–Kier alpha value is -3.45. The molecule has 0 spiro atoms. The summed E-state index contributed by atoms with van der Waals surface area (Å²) in [5.74, 6) is -0.629. The van der Waals surface area contributed by atoms with Crippen LogP contribution in [0.5, 0.6) is 11.5 Å². The molecule has 0 saturated carbocycles. The Labute approximate surface area is 179 Å². The first-order valence-electron chi connectivity index (χ1n) is 9.55. The maximum Gasteiger partial charge on any atom is 0.251 e. The SMILES string of the molecule is COc1cc(CNC(=O)c2cc(CO)cc(-c3c(C)cc(F)cc3F)c2)cc(OC)c1. The molecule has 0 aromatic heterocycles. The van der Waals surface area contributed by atoms with Crippen LogP contribution in [0.4, 0.5) is 8.78 Å². The van der Waals surface area contributed by atoms with Crippen molar-refractivity contribution in [3.05, 3.63) is 82.4 Å². The van der Waals surface area contributed by atoms with Crippen molar-refractivity contribution in [2.45, 2.75) is 20.1 Å². The normalized spacial score (nSPS) is 10.6. The van der Waals surface area contributed by atoms with E-state index < -0.39 is 17.5 Å². The molecule has 0 aliphatic carbocycles. The maximum atomic E-state index is 14.5. The van der Waals surface area contributed by atoms with Crippen molar-refractivity contribution in [2.75, 3.05) is 14.2 Å². The van der Waals surface area contributed by atoms with Gasteiger partial charge in [-0.05, 0) is 65.6 Å². The van der Waals surface area contributed by atoms with Crippen LogP contribution in [0.3, 0.4) is 0 Å². The van der Waals surface area contributed by atoms with Gasteiger partial charge in [0.25, 0.3) is 5.91 Å². The standard InChI is InChI=1S/C24H23F2NO4/c1-14-4-19(25)10-22(26)23(14)17-5-16(13-28)6-18(9-17)24(29)27-12-15-7-20(30-2)11-21(8-15)31-3/h4-11,28H,12-13H2,1-3H3,(H,27,29). The summed E-state index contributed by atoms with van der Waals surface area (Å²) in [6.07, 6.45) is 0. The fourth-order valence-corrected chi connectivity index (χ4v) is 3.38. The number of halogens is 2. The summed E-state index contributed by atoms with van der Waals surface area (Å²) in [6.45, 7) is 1.46. The summed E-state index contributed by atoms with van der Waals surface area (Å²) in [5.41, 5.74) is 2.41. The second-order valence-electron chi connectivity index (χ2n) is 7.06. The highest BCUT2D eigenvalue weighted by Gasteiger charge is 2.15. The van der Waals surface area contributed by atoms with Crippen molar-refractivity contribution in [3.8, 4) is 22.6 Å². The van der Waals surface area contributed by atoms with E-state index in [1.54, 1.807) is 31.2 Å². The molecule has 0 saturated heterocycles. The molecule has 0 aliphatic heterocycles. The second kappa shape index (κ2) is 9.57. The lowest BCUT2D eigenvalue weighted by atomic mass is 9.95. The first-order valence-corrected chi connectivity index (χ1v) is 9.55. The van der Waals surface area contributed by atoms with Crippen LogP contribution in [0.2, 0.25) is 0 Å². The van der Waals surface area contributed by atoms with Gasteiger partial charge in [0.05, 0.1) is 20.8 Å². The van der Waals surface area contributed by atoms with Gasteiger partial charge < -0.3 is 19.9 Å². The smallest absolute Gasteiger partial charge is 0.251 e. The van der Waals surface area contributed by atoms with Crippen LogP contribution < -0.4 is 14.8 Å². The quantitative estimate of drug-likeness (QED) is 0.587. The Balaban J connectivity index is 1.89. The molecule has 31 heavy (non-hydrogen) atoms. The van der Waals surface area contributed by atoms with Gasteiger partial charge in [-0.25, -0.2) is 8.78 Å². The number of methoxy groups -OCH3 is 2.